The summed E-state index contributed by atoms with van der Waals surface area (Å²) in [6, 6.07) is 9.38. The molecule has 1 aromatic carbocycles. The lowest BCUT2D eigenvalue weighted by Gasteiger charge is -2.17. The number of methoxy groups -OCH3 is 1. The normalized spacial score (nSPS) is 12.1. The van der Waals surface area contributed by atoms with E-state index in [1.165, 1.54) is 7.11 Å². The summed E-state index contributed by atoms with van der Waals surface area (Å²) in [5, 5.41) is 4.46. The van der Waals surface area contributed by atoms with E-state index in [1.54, 1.807) is 24.6 Å². The zero-order chi connectivity index (χ0) is 18.6. The number of nitrogens with zero attached hydrogens (tertiary/aromatic N) is 2. The fraction of sp³-hybridized carbons (Fsp3) is 0.421. The summed E-state index contributed by atoms with van der Waals surface area (Å²) >= 11 is 0. The summed E-state index contributed by atoms with van der Waals surface area (Å²) in [6.45, 7) is 7.43. The van der Waals surface area contributed by atoms with Gasteiger partial charge in [0, 0.05) is 5.69 Å². The largest absolute Gasteiger partial charge is 0.469 e. The predicted molar refractivity (Wildman–Crippen MR) is 93.6 cm³/mol. The van der Waals surface area contributed by atoms with Crippen LogP contribution in [0.25, 0.3) is 5.69 Å². The lowest BCUT2D eigenvalue weighted by atomic mass is 9.95. The second kappa shape index (κ2) is 7.96. The van der Waals surface area contributed by atoms with Crippen LogP contribution in [0.15, 0.2) is 30.3 Å². The minimum atomic E-state index is -0.715. The molecule has 0 N–H and O–H groups in total. The molecule has 1 atom stereocenters. The molecule has 6 heteroatoms. The molecule has 1 unspecified atom stereocenters. The van der Waals surface area contributed by atoms with Gasteiger partial charge in [-0.2, -0.15) is 5.10 Å². The average molecular weight is 344 g/mol. The molecule has 0 aliphatic rings. The third-order valence-electron chi connectivity index (χ3n) is 3.75. The van der Waals surface area contributed by atoms with Crippen molar-refractivity contribution in [3.8, 4) is 5.69 Å². The number of aromatic nitrogens is 2. The van der Waals surface area contributed by atoms with E-state index in [2.05, 4.69) is 5.10 Å². The Labute approximate surface area is 147 Å². The molecule has 0 amide bonds. The number of hydrogen-bond donors (Lipinski definition) is 0. The molecule has 2 rings (SSSR count). The molecule has 0 saturated heterocycles. The molecule has 0 aliphatic heterocycles. The van der Waals surface area contributed by atoms with Gasteiger partial charge in [0.15, 0.2) is 0 Å². The lowest BCUT2D eigenvalue weighted by molar-refractivity contribution is -0.153. The van der Waals surface area contributed by atoms with E-state index in [-0.39, 0.29) is 12.5 Å². The van der Waals surface area contributed by atoms with Crippen LogP contribution < -0.4 is 0 Å². The van der Waals surface area contributed by atoms with Crippen molar-refractivity contribution in [1.29, 1.82) is 0 Å². The quantitative estimate of drug-likeness (QED) is 0.753. The molecule has 0 radical (unpaired) electrons. The maximum atomic E-state index is 12.2. The summed E-state index contributed by atoms with van der Waals surface area (Å²) in [7, 11) is 1.31. The Hall–Kier alpha value is -2.63. The minimum Gasteiger partial charge on any atom is -0.469 e. The smallest absolute Gasteiger partial charge is 0.313 e. The van der Waals surface area contributed by atoms with Crippen LogP contribution in [0.3, 0.4) is 0 Å². The molecule has 0 saturated carbocycles. The highest BCUT2D eigenvalue weighted by atomic mass is 16.5. The van der Waals surface area contributed by atoms with Crippen molar-refractivity contribution in [1.82, 2.24) is 9.78 Å². The van der Waals surface area contributed by atoms with E-state index in [4.69, 9.17) is 9.47 Å². The first kappa shape index (κ1) is 18.7. The zero-order valence-electron chi connectivity index (χ0n) is 15.3. The van der Waals surface area contributed by atoms with Gasteiger partial charge in [0.2, 0.25) is 0 Å². The third kappa shape index (κ3) is 4.68. The molecular formula is C19H24N2O4. The van der Waals surface area contributed by atoms with Crippen LogP contribution in [0.4, 0.5) is 0 Å². The number of carbonyl (C=O) groups is 2. The molecule has 6 nitrogen and oxygen atoms in total. The number of aryl methyl sites for hydroxylation is 2. The van der Waals surface area contributed by atoms with Crippen molar-refractivity contribution in [2.75, 3.05) is 7.11 Å². The first-order valence-electron chi connectivity index (χ1n) is 8.22. The van der Waals surface area contributed by atoms with E-state index < -0.39 is 17.9 Å². The van der Waals surface area contributed by atoms with Crippen molar-refractivity contribution in [2.24, 2.45) is 0 Å². The second-order valence-electron chi connectivity index (χ2n) is 6.25. The van der Waals surface area contributed by atoms with Crippen LogP contribution in [0.5, 0.6) is 0 Å². The molecule has 0 bridgehead atoms. The van der Waals surface area contributed by atoms with Crippen molar-refractivity contribution in [3.63, 3.8) is 0 Å². The van der Waals surface area contributed by atoms with Gasteiger partial charge in [0.25, 0.3) is 0 Å². The van der Waals surface area contributed by atoms with E-state index >= 15 is 0 Å². The van der Waals surface area contributed by atoms with Gasteiger partial charge in [-0.1, -0.05) is 12.1 Å². The third-order valence-corrected chi connectivity index (χ3v) is 3.75. The second-order valence-corrected chi connectivity index (χ2v) is 6.25. The van der Waals surface area contributed by atoms with Crippen LogP contribution in [-0.2, 0) is 19.1 Å². The number of rotatable bonds is 6. The summed E-state index contributed by atoms with van der Waals surface area (Å²) < 4.78 is 11.9. The number of ether oxygens (including phenoxy) is 2. The number of carbonyl (C=O) groups excluding carboxylic acids is 2. The highest BCUT2D eigenvalue weighted by Crippen LogP contribution is 2.25. The van der Waals surface area contributed by atoms with Crippen LogP contribution in [0, 0.1) is 13.8 Å². The molecule has 1 aromatic heterocycles. The molecule has 25 heavy (non-hydrogen) atoms. The first-order valence-corrected chi connectivity index (χ1v) is 8.22. The van der Waals surface area contributed by atoms with E-state index in [0.29, 0.717) is 5.56 Å². The van der Waals surface area contributed by atoms with Crippen LogP contribution in [-0.4, -0.2) is 34.9 Å². The minimum absolute atomic E-state index is 0.0641. The maximum Gasteiger partial charge on any atom is 0.313 e. The first-order chi connectivity index (χ1) is 11.8. The lowest BCUT2D eigenvalue weighted by Crippen LogP contribution is -2.21. The topological polar surface area (TPSA) is 70.4 Å². The van der Waals surface area contributed by atoms with Crippen molar-refractivity contribution < 1.29 is 19.1 Å². The Morgan fingerprint density at radius 1 is 1.20 bits per heavy atom. The monoisotopic (exact) mass is 344 g/mol. The van der Waals surface area contributed by atoms with Crippen molar-refractivity contribution in [3.05, 3.63) is 47.3 Å². The Morgan fingerprint density at radius 3 is 2.48 bits per heavy atom. The summed E-state index contributed by atoms with van der Waals surface area (Å²) in [5.41, 5.74) is 3.42. The van der Waals surface area contributed by atoms with E-state index in [9.17, 15) is 9.59 Å². The zero-order valence-corrected chi connectivity index (χ0v) is 15.3. The fourth-order valence-corrected chi connectivity index (χ4v) is 2.72. The molecule has 134 valence electrons. The van der Waals surface area contributed by atoms with Gasteiger partial charge in [-0.15, -0.1) is 0 Å². The highest BCUT2D eigenvalue weighted by Gasteiger charge is 2.26. The van der Waals surface area contributed by atoms with Crippen molar-refractivity contribution >= 4 is 11.9 Å². The Balaban J connectivity index is 2.34. The standard InChI is InChI=1S/C19H24N2O4/c1-12(2)25-18(22)11-17(19(23)24-5)15-7-6-8-16(10-15)21-14(4)9-13(3)20-21/h6-10,12,17H,11H2,1-5H3. The number of benzene rings is 1. The SMILES string of the molecule is COC(=O)C(CC(=O)OC(C)C)c1cccc(-n2nc(C)cc2C)c1. The maximum absolute atomic E-state index is 12.2. The number of hydrogen-bond acceptors (Lipinski definition) is 5. The van der Waals surface area contributed by atoms with Gasteiger partial charge < -0.3 is 9.47 Å². The van der Waals surface area contributed by atoms with E-state index in [0.717, 1.165) is 17.1 Å². The van der Waals surface area contributed by atoms with Crippen LogP contribution in [0.1, 0.15) is 43.1 Å². The van der Waals surface area contributed by atoms with Gasteiger partial charge in [0.1, 0.15) is 0 Å². The Morgan fingerprint density at radius 2 is 1.92 bits per heavy atom. The van der Waals surface area contributed by atoms with Gasteiger partial charge in [0.05, 0.1) is 36.9 Å². The van der Waals surface area contributed by atoms with E-state index in [1.807, 2.05) is 38.1 Å². The summed E-state index contributed by atoms with van der Waals surface area (Å²) in [5.74, 6) is -1.61. The van der Waals surface area contributed by atoms with Crippen LogP contribution >= 0.6 is 0 Å². The van der Waals surface area contributed by atoms with Gasteiger partial charge in [-0.3, -0.25) is 9.59 Å². The number of esters is 2. The van der Waals surface area contributed by atoms with Crippen LogP contribution in [0.2, 0.25) is 0 Å². The molecule has 2 aromatic rings. The van der Waals surface area contributed by atoms with Gasteiger partial charge in [-0.25, -0.2) is 4.68 Å². The summed E-state index contributed by atoms with van der Waals surface area (Å²) in [6.07, 6.45) is -0.294. The molecular weight excluding hydrogens is 320 g/mol. The van der Waals surface area contributed by atoms with Gasteiger partial charge >= 0.3 is 11.9 Å². The molecule has 0 aliphatic carbocycles. The molecule has 0 fully saturated rings. The summed E-state index contributed by atoms with van der Waals surface area (Å²) in [4.78, 5) is 24.2. The molecule has 0 spiro atoms. The fourth-order valence-electron chi connectivity index (χ4n) is 2.72. The highest BCUT2D eigenvalue weighted by molar-refractivity contribution is 5.84. The van der Waals surface area contributed by atoms with Gasteiger partial charge in [-0.05, 0) is 51.5 Å². The van der Waals surface area contributed by atoms with Crippen molar-refractivity contribution in [2.45, 2.75) is 46.1 Å². The Kier molecular flexibility index (Phi) is 5.96. The average Bonchev–Trinajstić information content (AvgIpc) is 2.90. The Bertz CT molecular complexity index is 765. The molecule has 1 heterocycles. The predicted octanol–water partition coefficient (Wildman–Crippen LogP) is 3.09.